The number of aromatic nitrogens is 2. The van der Waals surface area contributed by atoms with Crippen LogP contribution in [0, 0.1) is 27.7 Å². The number of rotatable bonds is 3. The molecule has 0 aliphatic heterocycles. The van der Waals surface area contributed by atoms with Crippen LogP contribution in [0.5, 0.6) is 5.75 Å². The summed E-state index contributed by atoms with van der Waals surface area (Å²) in [6.07, 6.45) is 0. The second-order valence-electron chi connectivity index (χ2n) is 5.21. The van der Waals surface area contributed by atoms with E-state index in [1.165, 1.54) is 0 Å². The fourth-order valence-corrected chi connectivity index (χ4v) is 2.31. The standard InChI is InChI=1S/C17H18N2O2/c1-10-11(2)18-15-8-6-5-7-14(15)17(10)20-9-16-19-12(3)13(4)21-16/h5-8H,9H2,1-4H3. The van der Waals surface area contributed by atoms with Gasteiger partial charge in [-0.2, -0.15) is 0 Å². The number of benzene rings is 1. The van der Waals surface area contributed by atoms with Crippen molar-refractivity contribution in [3.8, 4) is 5.75 Å². The molecule has 0 atom stereocenters. The molecule has 4 heteroatoms. The molecule has 2 aromatic heterocycles. The average Bonchev–Trinajstić information content (AvgIpc) is 2.78. The second kappa shape index (κ2) is 5.20. The van der Waals surface area contributed by atoms with Crippen molar-refractivity contribution < 1.29 is 9.15 Å². The van der Waals surface area contributed by atoms with Crippen molar-refractivity contribution in [3.05, 3.63) is 52.9 Å². The highest BCUT2D eigenvalue weighted by atomic mass is 16.5. The van der Waals surface area contributed by atoms with E-state index in [2.05, 4.69) is 9.97 Å². The van der Waals surface area contributed by atoms with Gasteiger partial charge in [0.2, 0.25) is 5.89 Å². The molecule has 0 spiro atoms. The van der Waals surface area contributed by atoms with Gasteiger partial charge >= 0.3 is 0 Å². The topological polar surface area (TPSA) is 48.2 Å². The van der Waals surface area contributed by atoms with E-state index in [1.54, 1.807) is 0 Å². The van der Waals surface area contributed by atoms with Crippen molar-refractivity contribution in [1.82, 2.24) is 9.97 Å². The van der Waals surface area contributed by atoms with Crippen molar-refractivity contribution in [1.29, 1.82) is 0 Å². The molecule has 0 saturated heterocycles. The molecule has 21 heavy (non-hydrogen) atoms. The maximum absolute atomic E-state index is 5.99. The number of oxazole rings is 1. The number of hydrogen-bond donors (Lipinski definition) is 0. The lowest BCUT2D eigenvalue weighted by Crippen LogP contribution is -2.01. The minimum Gasteiger partial charge on any atom is -0.483 e. The van der Waals surface area contributed by atoms with E-state index in [9.17, 15) is 0 Å². The normalized spacial score (nSPS) is 11.0. The Morgan fingerprint density at radius 2 is 1.76 bits per heavy atom. The Labute approximate surface area is 123 Å². The summed E-state index contributed by atoms with van der Waals surface area (Å²) in [6, 6.07) is 7.99. The Balaban J connectivity index is 1.97. The summed E-state index contributed by atoms with van der Waals surface area (Å²) in [6.45, 7) is 8.18. The zero-order chi connectivity index (χ0) is 15.0. The van der Waals surface area contributed by atoms with Crippen molar-refractivity contribution in [2.45, 2.75) is 34.3 Å². The summed E-state index contributed by atoms with van der Waals surface area (Å²) in [5.41, 5.74) is 3.87. The molecule has 0 aliphatic rings. The Kier molecular flexibility index (Phi) is 3.37. The lowest BCUT2D eigenvalue weighted by atomic mass is 10.1. The highest BCUT2D eigenvalue weighted by Gasteiger charge is 2.12. The molecule has 0 radical (unpaired) electrons. The SMILES string of the molecule is Cc1nc(COc2c(C)c(C)nc3ccccc23)oc1C. The Bertz CT molecular complexity index is 786. The lowest BCUT2D eigenvalue weighted by Gasteiger charge is -2.12. The molecule has 0 saturated carbocycles. The van der Waals surface area contributed by atoms with E-state index in [1.807, 2.05) is 52.0 Å². The third-order valence-corrected chi connectivity index (χ3v) is 3.73. The molecule has 4 nitrogen and oxygen atoms in total. The quantitative estimate of drug-likeness (QED) is 0.727. The van der Waals surface area contributed by atoms with Crippen molar-refractivity contribution in [2.24, 2.45) is 0 Å². The van der Waals surface area contributed by atoms with E-state index < -0.39 is 0 Å². The number of para-hydroxylation sites is 1. The monoisotopic (exact) mass is 282 g/mol. The van der Waals surface area contributed by atoms with Crippen molar-refractivity contribution in [2.75, 3.05) is 0 Å². The van der Waals surface area contributed by atoms with E-state index in [-0.39, 0.29) is 0 Å². The van der Waals surface area contributed by atoms with Crippen LogP contribution >= 0.6 is 0 Å². The van der Waals surface area contributed by atoms with Gasteiger partial charge in [0, 0.05) is 16.6 Å². The van der Waals surface area contributed by atoms with Crippen LogP contribution in [0.3, 0.4) is 0 Å². The van der Waals surface area contributed by atoms with Gasteiger partial charge in [-0.1, -0.05) is 12.1 Å². The molecule has 1 aromatic carbocycles. The van der Waals surface area contributed by atoms with Gasteiger partial charge in [-0.3, -0.25) is 4.98 Å². The van der Waals surface area contributed by atoms with Crippen LogP contribution < -0.4 is 4.74 Å². The summed E-state index contributed by atoms with van der Waals surface area (Å²) in [5.74, 6) is 2.29. The molecule has 3 rings (SSSR count). The van der Waals surface area contributed by atoms with E-state index in [0.29, 0.717) is 12.5 Å². The van der Waals surface area contributed by atoms with Crippen LogP contribution in [-0.2, 0) is 6.61 Å². The molecular weight excluding hydrogens is 264 g/mol. The van der Waals surface area contributed by atoms with Crippen LogP contribution in [0.4, 0.5) is 0 Å². The van der Waals surface area contributed by atoms with Crippen LogP contribution in [-0.4, -0.2) is 9.97 Å². The van der Waals surface area contributed by atoms with Gasteiger partial charge in [-0.25, -0.2) is 4.98 Å². The maximum Gasteiger partial charge on any atom is 0.232 e. The predicted octanol–water partition coefficient (Wildman–Crippen LogP) is 4.04. The highest BCUT2D eigenvalue weighted by molar-refractivity contribution is 5.86. The fourth-order valence-electron chi connectivity index (χ4n) is 2.31. The van der Waals surface area contributed by atoms with E-state index in [0.717, 1.165) is 39.4 Å². The molecule has 0 amide bonds. The molecule has 3 aromatic rings. The third kappa shape index (κ3) is 2.49. The predicted molar refractivity (Wildman–Crippen MR) is 81.5 cm³/mol. The van der Waals surface area contributed by atoms with Gasteiger partial charge in [0.1, 0.15) is 11.5 Å². The number of nitrogens with zero attached hydrogens (tertiary/aromatic N) is 2. The minimum absolute atomic E-state index is 0.322. The molecule has 0 fully saturated rings. The van der Waals surface area contributed by atoms with Gasteiger partial charge in [-0.15, -0.1) is 0 Å². The number of ether oxygens (including phenoxy) is 1. The number of fused-ring (bicyclic) bond motifs is 1. The Morgan fingerprint density at radius 3 is 2.48 bits per heavy atom. The van der Waals surface area contributed by atoms with Gasteiger partial charge in [-0.05, 0) is 39.8 Å². The summed E-state index contributed by atoms with van der Waals surface area (Å²) >= 11 is 0. The zero-order valence-electron chi connectivity index (χ0n) is 12.7. The first-order valence-electron chi connectivity index (χ1n) is 6.98. The largest absolute Gasteiger partial charge is 0.483 e. The van der Waals surface area contributed by atoms with Crippen molar-refractivity contribution in [3.63, 3.8) is 0 Å². The molecule has 0 bridgehead atoms. The summed E-state index contributed by atoms with van der Waals surface area (Å²) < 4.78 is 11.6. The summed E-state index contributed by atoms with van der Waals surface area (Å²) in [4.78, 5) is 8.94. The fraction of sp³-hybridized carbons (Fsp3) is 0.294. The average molecular weight is 282 g/mol. The van der Waals surface area contributed by atoms with E-state index in [4.69, 9.17) is 9.15 Å². The maximum atomic E-state index is 5.99. The molecule has 0 unspecified atom stereocenters. The Morgan fingerprint density at radius 1 is 1.00 bits per heavy atom. The lowest BCUT2D eigenvalue weighted by molar-refractivity contribution is 0.261. The van der Waals surface area contributed by atoms with Gasteiger partial charge in [0.05, 0.1) is 11.2 Å². The molecule has 0 N–H and O–H groups in total. The summed E-state index contributed by atoms with van der Waals surface area (Å²) in [5, 5.41) is 1.01. The third-order valence-electron chi connectivity index (χ3n) is 3.73. The number of aryl methyl sites for hydroxylation is 3. The zero-order valence-corrected chi connectivity index (χ0v) is 12.7. The minimum atomic E-state index is 0.322. The molecule has 0 aliphatic carbocycles. The van der Waals surface area contributed by atoms with Gasteiger partial charge < -0.3 is 9.15 Å². The highest BCUT2D eigenvalue weighted by Crippen LogP contribution is 2.30. The second-order valence-corrected chi connectivity index (χ2v) is 5.21. The smallest absolute Gasteiger partial charge is 0.232 e. The van der Waals surface area contributed by atoms with Crippen LogP contribution in [0.15, 0.2) is 28.7 Å². The van der Waals surface area contributed by atoms with Crippen molar-refractivity contribution >= 4 is 10.9 Å². The first kappa shape index (κ1) is 13.6. The molecule has 2 heterocycles. The first-order chi connectivity index (χ1) is 10.1. The van der Waals surface area contributed by atoms with Crippen LogP contribution in [0.25, 0.3) is 10.9 Å². The molecular formula is C17H18N2O2. The van der Waals surface area contributed by atoms with Gasteiger partial charge in [0.15, 0.2) is 6.61 Å². The van der Waals surface area contributed by atoms with Gasteiger partial charge in [0.25, 0.3) is 0 Å². The Hall–Kier alpha value is -2.36. The molecule has 108 valence electrons. The van der Waals surface area contributed by atoms with E-state index >= 15 is 0 Å². The first-order valence-corrected chi connectivity index (χ1v) is 6.98. The number of pyridine rings is 1. The number of hydrogen-bond acceptors (Lipinski definition) is 4. The summed E-state index contributed by atoms with van der Waals surface area (Å²) in [7, 11) is 0. The van der Waals surface area contributed by atoms with Crippen LogP contribution in [0.2, 0.25) is 0 Å². The van der Waals surface area contributed by atoms with Crippen LogP contribution in [0.1, 0.15) is 28.6 Å².